The van der Waals surface area contributed by atoms with Gasteiger partial charge in [-0.25, -0.2) is 0 Å². The molecule has 0 unspecified atom stereocenters. The van der Waals surface area contributed by atoms with Crippen LogP contribution in [0.25, 0.3) is 10.8 Å². The summed E-state index contributed by atoms with van der Waals surface area (Å²) in [4.78, 5) is 33.9. The van der Waals surface area contributed by atoms with Crippen molar-refractivity contribution >= 4 is 39.6 Å². The molecule has 0 atom stereocenters. The maximum absolute atomic E-state index is 13.6. The van der Waals surface area contributed by atoms with Gasteiger partial charge in [-0.1, -0.05) is 62.4 Å². The molecular formula is C35H41N5O3. The fourth-order valence-electron chi connectivity index (χ4n) is 5.74. The zero-order valence-electron chi connectivity index (χ0n) is 25.3. The second-order valence-corrected chi connectivity index (χ2v) is 10.6. The number of nitrogens with one attached hydrogen (secondary N) is 2. The smallest absolute Gasteiger partial charge is 0.256 e. The molecule has 8 heteroatoms. The Hall–Kier alpha value is -4.56. The van der Waals surface area contributed by atoms with Crippen LogP contribution < -0.4 is 25.2 Å². The van der Waals surface area contributed by atoms with Crippen LogP contribution in [0.2, 0.25) is 0 Å². The van der Waals surface area contributed by atoms with Crippen molar-refractivity contribution in [2.24, 2.45) is 0 Å². The number of rotatable bonds is 11. The van der Waals surface area contributed by atoms with E-state index in [0.717, 1.165) is 73.7 Å². The summed E-state index contributed by atoms with van der Waals surface area (Å²) in [7, 11) is 1.70. The number of piperazine rings is 1. The first-order chi connectivity index (χ1) is 21.0. The molecule has 4 aromatic rings. The van der Waals surface area contributed by atoms with E-state index in [9.17, 15) is 9.59 Å². The molecule has 1 fully saturated rings. The van der Waals surface area contributed by atoms with E-state index in [1.807, 2.05) is 72.8 Å². The van der Waals surface area contributed by atoms with Crippen molar-refractivity contribution < 1.29 is 14.3 Å². The number of hydrogen-bond donors (Lipinski definition) is 2. The molecule has 0 aromatic heterocycles. The van der Waals surface area contributed by atoms with Gasteiger partial charge in [0.1, 0.15) is 5.75 Å². The van der Waals surface area contributed by atoms with Crippen LogP contribution in [-0.4, -0.2) is 76.2 Å². The molecule has 224 valence electrons. The third-order valence-electron chi connectivity index (χ3n) is 8.19. The van der Waals surface area contributed by atoms with E-state index in [1.54, 1.807) is 13.2 Å². The molecule has 1 saturated heterocycles. The molecule has 8 nitrogen and oxygen atoms in total. The van der Waals surface area contributed by atoms with E-state index >= 15 is 0 Å². The van der Waals surface area contributed by atoms with Crippen molar-refractivity contribution in [3.05, 3.63) is 96.1 Å². The number of methoxy groups -OCH3 is 1. The summed E-state index contributed by atoms with van der Waals surface area (Å²) in [6, 6.07) is 27.3. The average molecular weight is 580 g/mol. The van der Waals surface area contributed by atoms with Gasteiger partial charge in [0.05, 0.1) is 18.4 Å². The normalized spacial score (nSPS) is 13.3. The van der Waals surface area contributed by atoms with Gasteiger partial charge in [0, 0.05) is 56.2 Å². The van der Waals surface area contributed by atoms with Crippen molar-refractivity contribution in [1.82, 2.24) is 10.2 Å². The van der Waals surface area contributed by atoms with Gasteiger partial charge in [-0.2, -0.15) is 0 Å². The fourth-order valence-corrected chi connectivity index (χ4v) is 5.74. The van der Waals surface area contributed by atoms with E-state index in [1.165, 1.54) is 0 Å². The molecule has 2 amide bonds. The number of fused-ring (bicyclic) bond motifs is 1. The van der Waals surface area contributed by atoms with Crippen LogP contribution in [0, 0.1) is 0 Å². The second kappa shape index (κ2) is 14.1. The first-order valence-corrected chi connectivity index (χ1v) is 15.1. The van der Waals surface area contributed by atoms with E-state index in [4.69, 9.17) is 4.74 Å². The Balaban J connectivity index is 1.37. The standard InChI is InChI=1S/C35H41N5O3/c1-4-38(5-2)20-19-36-34(41)30-25-27(37-35(42)29-14-10-12-26-11-6-7-13-28(26)29)17-18-31(30)39-21-23-40(24-22-39)32-15-8-9-16-33(32)43-3/h6-18,25H,4-5,19-24H2,1-3H3,(H,36,41)(H,37,42). The van der Waals surface area contributed by atoms with Crippen LogP contribution in [0.4, 0.5) is 17.1 Å². The zero-order valence-corrected chi connectivity index (χ0v) is 25.3. The van der Waals surface area contributed by atoms with Crippen LogP contribution in [0.1, 0.15) is 34.6 Å². The number of para-hydroxylation sites is 2. The van der Waals surface area contributed by atoms with Gasteiger partial charge >= 0.3 is 0 Å². The summed E-state index contributed by atoms with van der Waals surface area (Å²) >= 11 is 0. The summed E-state index contributed by atoms with van der Waals surface area (Å²) < 4.78 is 5.59. The minimum Gasteiger partial charge on any atom is -0.495 e. The topological polar surface area (TPSA) is 77.2 Å². The maximum atomic E-state index is 13.6. The molecule has 1 aliphatic heterocycles. The van der Waals surface area contributed by atoms with Gasteiger partial charge in [0.25, 0.3) is 11.8 Å². The van der Waals surface area contributed by atoms with Gasteiger partial charge in [-0.05, 0) is 60.3 Å². The highest BCUT2D eigenvalue weighted by Gasteiger charge is 2.24. The van der Waals surface area contributed by atoms with Crippen molar-refractivity contribution in [2.45, 2.75) is 13.8 Å². The van der Waals surface area contributed by atoms with Gasteiger partial charge in [0.15, 0.2) is 0 Å². The lowest BCUT2D eigenvalue weighted by atomic mass is 10.0. The van der Waals surface area contributed by atoms with Crippen LogP contribution in [0.3, 0.4) is 0 Å². The van der Waals surface area contributed by atoms with Gasteiger partial charge < -0.3 is 30.1 Å². The van der Waals surface area contributed by atoms with Crippen molar-refractivity contribution in [3.63, 3.8) is 0 Å². The molecule has 0 radical (unpaired) electrons. The Morgan fingerprint density at radius 2 is 1.44 bits per heavy atom. The molecule has 1 aliphatic rings. The van der Waals surface area contributed by atoms with Crippen molar-refractivity contribution in [1.29, 1.82) is 0 Å². The SMILES string of the molecule is CCN(CC)CCNC(=O)c1cc(NC(=O)c2cccc3ccccc23)ccc1N1CCN(c2ccccc2OC)CC1. The molecule has 0 saturated carbocycles. The second-order valence-electron chi connectivity index (χ2n) is 10.6. The highest BCUT2D eigenvalue weighted by atomic mass is 16.5. The first kappa shape index (κ1) is 29.9. The Kier molecular flexibility index (Phi) is 9.79. The number of carbonyl (C=O) groups is 2. The van der Waals surface area contributed by atoms with Gasteiger partial charge in [-0.3, -0.25) is 9.59 Å². The number of amides is 2. The molecule has 0 aliphatic carbocycles. The quantitative estimate of drug-likeness (QED) is 0.245. The average Bonchev–Trinajstić information content (AvgIpc) is 3.06. The number of carbonyl (C=O) groups excluding carboxylic acids is 2. The Morgan fingerprint density at radius 3 is 2.19 bits per heavy atom. The molecule has 2 N–H and O–H groups in total. The first-order valence-electron chi connectivity index (χ1n) is 15.1. The largest absolute Gasteiger partial charge is 0.495 e. The molecular weight excluding hydrogens is 538 g/mol. The number of hydrogen-bond acceptors (Lipinski definition) is 6. The predicted molar refractivity (Wildman–Crippen MR) is 176 cm³/mol. The number of ether oxygens (including phenoxy) is 1. The lowest BCUT2D eigenvalue weighted by molar-refractivity contribution is 0.0948. The Labute approximate surface area is 254 Å². The van der Waals surface area contributed by atoms with Gasteiger partial charge in [-0.15, -0.1) is 0 Å². The van der Waals surface area contributed by atoms with Crippen LogP contribution in [-0.2, 0) is 0 Å². The highest BCUT2D eigenvalue weighted by Crippen LogP contribution is 2.31. The molecule has 43 heavy (non-hydrogen) atoms. The van der Waals surface area contributed by atoms with Crippen LogP contribution in [0.5, 0.6) is 5.75 Å². The summed E-state index contributed by atoms with van der Waals surface area (Å²) in [6.45, 7) is 10.5. The molecule has 1 heterocycles. The van der Waals surface area contributed by atoms with Crippen molar-refractivity contribution in [3.8, 4) is 5.75 Å². The number of benzene rings is 4. The van der Waals surface area contributed by atoms with Crippen LogP contribution >= 0.6 is 0 Å². The number of anilines is 3. The number of likely N-dealkylation sites (N-methyl/N-ethyl adjacent to an activating group) is 1. The summed E-state index contributed by atoms with van der Waals surface area (Å²) in [6.07, 6.45) is 0. The van der Waals surface area contributed by atoms with E-state index in [-0.39, 0.29) is 11.8 Å². The van der Waals surface area contributed by atoms with Gasteiger partial charge in [0.2, 0.25) is 0 Å². The third-order valence-corrected chi connectivity index (χ3v) is 8.19. The fraction of sp³-hybridized carbons (Fsp3) is 0.314. The molecule has 4 aromatic carbocycles. The minimum atomic E-state index is -0.206. The van der Waals surface area contributed by atoms with Crippen molar-refractivity contribution in [2.75, 3.05) is 74.6 Å². The lowest BCUT2D eigenvalue weighted by Gasteiger charge is -2.38. The number of nitrogens with zero attached hydrogens (tertiary/aromatic N) is 3. The zero-order chi connectivity index (χ0) is 30.2. The maximum Gasteiger partial charge on any atom is 0.256 e. The Bertz CT molecular complexity index is 1560. The molecule has 5 rings (SSSR count). The highest BCUT2D eigenvalue weighted by molar-refractivity contribution is 6.13. The minimum absolute atomic E-state index is 0.143. The predicted octanol–water partition coefficient (Wildman–Crippen LogP) is 5.50. The van der Waals surface area contributed by atoms with Crippen LogP contribution in [0.15, 0.2) is 84.9 Å². The lowest BCUT2D eigenvalue weighted by Crippen LogP contribution is -2.47. The van der Waals surface area contributed by atoms with E-state index in [0.29, 0.717) is 23.4 Å². The third kappa shape index (κ3) is 6.92. The monoisotopic (exact) mass is 579 g/mol. The van der Waals surface area contributed by atoms with E-state index in [2.05, 4.69) is 45.2 Å². The summed E-state index contributed by atoms with van der Waals surface area (Å²) in [5.74, 6) is 0.508. The summed E-state index contributed by atoms with van der Waals surface area (Å²) in [5.41, 5.74) is 3.68. The summed E-state index contributed by atoms with van der Waals surface area (Å²) in [5, 5.41) is 8.05. The Morgan fingerprint density at radius 1 is 0.767 bits per heavy atom. The molecule has 0 bridgehead atoms. The molecule has 0 spiro atoms. The van der Waals surface area contributed by atoms with E-state index < -0.39 is 0 Å².